The number of anilines is 1. The number of carbonyl (C=O) groups excluding carboxylic acids is 1. The number of rotatable bonds is 6. The Kier molecular flexibility index (Phi) is 6.85. The number of benzene rings is 2. The molecule has 3 rings (SSSR count). The van der Waals surface area contributed by atoms with Gasteiger partial charge in [-0.15, -0.1) is 0 Å². The molecule has 32 heavy (non-hydrogen) atoms. The average Bonchev–Trinajstić information content (AvgIpc) is 2.73. The zero-order valence-corrected chi connectivity index (χ0v) is 17.8. The zero-order valence-electron chi connectivity index (χ0n) is 17.8. The Bertz CT molecular complexity index is 1150. The van der Waals surface area contributed by atoms with Gasteiger partial charge in [0.25, 0.3) is 5.91 Å². The number of hydrogen-bond donors (Lipinski definition) is 3. The number of para-hydroxylation sites is 1. The molecule has 2 aromatic carbocycles. The van der Waals surface area contributed by atoms with E-state index < -0.39 is 23.6 Å². The molecule has 0 saturated heterocycles. The standard InChI is InChI=1S/C24H24F2N4O2/c1-14-12-17(25)8-9-18(14)23(27)19-10-11-22(32)30(21-7-5-4-6-20(21)26)24(19)29-16(3)28-13-15(2)31/h4-12,15,28,31H,3,13,27H2,1-2H3/b23-19-,29-24+/t15-/m0/s1. The van der Waals surface area contributed by atoms with E-state index in [9.17, 15) is 18.7 Å². The lowest BCUT2D eigenvalue weighted by molar-refractivity contribution is -0.113. The predicted molar refractivity (Wildman–Crippen MR) is 122 cm³/mol. The summed E-state index contributed by atoms with van der Waals surface area (Å²) in [5.74, 6) is -1.36. The lowest BCUT2D eigenvalue weighted by Crippen LogP contribution is -2.41. The molecule has 4 N–H and O–H groups in total. The Labute approximate surface area is 185 Å². The fraction of sp³-hybridized carbons (Fsp3) is 0.167. The average molecular weight is 438 g/mol. The van der Waals surface area contributed by atoms with Crippen molar-refractivity contribution >= 4 is 23.1 Å². The van der Waals surface area contributed by atoms with Gasteiger partial charge in [0.05, 0.1) is 17.5 Å². The van der Waals surface area contributed by atoms with Gasteiger partial charge < -0.3 is 16.2 Å². The van der Waals surface area contributed by atoms with Crippen LogP contribution in [-0.4, -0.2) is 29.5 Å². The van der Waals surface area contributed by atoms with Gasteiger partial charge in [-0.1, -0.05) is 18.7 Å². The van der Waals surface area contributed by atoms with E-state index in [1.165, 1.54) is 48.6 Å². The number of nitrogens with two attached hydrogens (primary N) is 1. The van der Waals surface area contributed by atoms with E-state index >= 15 is 0 Å². The van der Waals surface area contributed by atoms with Crippen molar-refractivity contribution in [2.45, 2.75) is 20.0 Å². The van der Waals surface area contributed by atoms with E-state index in [4.69, 9.17) is 5.73 Å². The first-order chi connectivity index (χ1) is 15.2. The smallest absolute Gasteiger partial charge is 0.256 e. The summed E-state index contributed by atoms with van der Waals surface area (Å²) in [6.07, 6.45) is 2.08. The molecular formula is C24H24F2N4O2. The number of carbonyl (C=O) groups is 1. The second-order valence-electron chi connectivity index (χ2n) is 7.36. The van der Waals surface area contributed by atoms with Crippen molar-refractivity contribution in [3.05, 3.63) is 95.4 Å². The molecule has 1 aliphatic rings. The molecule has 1 atom stereocenters. The van der Waals surface area contributed by atoms with Crippen molar-refractivity contribution in [2.24, 2.45) is 10.7 Å². The second kappa shape index (κ2) is 9.57. The number of amides is 1. The predicted octanol–water partition coefficient (Wildman–Crippen LogP) is 3.39. The lowest BCUT2D eigenvalue weighted by Gasteiger charge is -2.28. The van der Waals surface area contributed by atoms with Crippen molar-refractivity contribution in [3.8, 4) is 0 Å². The van der Waals surface area contributed by atoms with Gasteiger partial charge >= 0.3 is 0 Å². The molecule has 0 unspecified atom stereocenters. The molecule has 0 fully saturated rings. The summed E-state index contributed by atoms with van der Waals surface area (Å²) in [5.41, 5.74) is 8.13. The third-order valence-corrected chi connectivity index (χ3v) is 4.77. The van der Waals surface area contributed by atoms with Crippen LogP contribution >= 0.6 is 0 Å². The first kappa shape index (κ1) is 22.9. The Hall–Kier alpha value is -3.78. The molecule has 0 bridgehead atoms. The third-order valence-electron chi connectivity index (χ3n) is 4.77. The Morgan fingerprint density at radius 2 is 1.97 bits per heavy atom. The Morgan fingerprint density at radius 3 is 2.62 bits per heavy atom. The summed E-state index contributed by atoms with van der Waals surface area (Å²) < 4.78 is 28.2. The third kappa shape index (κ3) is 4.92. The minimum absolute atomic E-state index is 0.00921. The van der Waals surface area contributed by atoms with Crippen LogP contribution in [0.5, 0.6) is 0 Å². The summed E-state index contributed by atoms with van der Waals surface area (Å²) in [6.45, 7) is 7.28. The van der Waals surface area contributed by atoms with Gasteiger partial charge in [0.15, 0.2) is 5.84 Å². The van der Waals surface area contributed by atoms with Crippen LogP contribution in [-0.2, 0) is 4.79 Å². The first-order valence-electron chi connectivity index (χ1n) is 9.92. The number of amidine groups is 1. The van der Waals surface area contributed by atoms with Crippen molar-refractivity contribution in [3.63, 3.8) is 0 Å². The van der Waals surface area contributed by atoms with Gasteiger partial charge in [-0.3, -0.25) is 9.69 Å². The molecule has 0 spiro atoms. The van der Waals surface area contributed by atoms with Crippen LogP contribution in [0.1, 0.15) is 18.1 Å². The number of aliphatic imine (C=N–C) groups is 1. The maximum Gasteiger partial charge on any atom is 0.256 e. The van der Waals surface area contributed by atoms with E-state index in [0.717, 1.165) is 4.90 Å². The lowest BCUT2D eigenvalue weighted by atomic mass is 9.98. The molecule has 0 aromatic heterocycles. The highest BCUT2D eigenvalue weighted by atomic mass is 19.1. The summed E-state index contributed by atoms with van der Waals surface area (Å²) in [5, 5.41) is 12.4. The highest BCUT2D eigenvalue weighted by Gasteiger charge is 2.30. The summed E-state index contributed by atoms with van der Waals surface area (Å²) >= 11 is 0. The SMILES string of the molecule is C=C(/N=C1\C(=C(/N)c2ccc(F)cc2C)C=CC(=O)N1c1ccccc1F)NC[C@H](C)O. The highest BCUT2D eigenvalue weighted by molar-refractivity contribution is 6.31. The molecule has 2 aromatic rings. The van der Waals surface area contributed by atoms with Gasteiger partial charge in [-0.2, -0.15) is 0 Å². The fourth-order valence-electron chi connectivity index (χ4n) is 3.22. The van der Waals surface area contributed by atoms with Crippen LogP contribution < -0.4 is 16.0 Å². The van der Waals surface area contributed by atoms with Gasteiger partial charge in [-0.25, -0.2) is 13.8 Å². The molecule has 166 valence electrons. The van der Waals surface area contributed by atoms with Crippen LogP contribution in [0.2, 0.25) is 0 Å². The van der Waals surface area contributed by atoms with Crippen molar-refractivity contribution in [1.29, 1.82) is 0 Å². The van der Waals surface area contributed by atoms with E-state index in [0.29, 0.717) is 16.7 Å². The normalized spacial score (nSPS) is 17.5. The van der Waals surface area contributed by atoms with E-state index in [2.05, 4.69) is 16.9 Å². The molecular weight excluding hydrogens is 414 g/mol. The summed E-state index contributed by atoms with van der Waals surface area (Å²) in [7, 11) is 0. The van der Waals surface area contributed by atoms with Crippen LogP contribution in [0.4, 0.5) is 14.5 Å². The maximum atomic E-state index is 14.6. The quantitative estimate of drug-likeness (QED) is 0.645. The van der Waals surface area contributed by atoms with E-state index in [-0.39, 0.29) is 29.6 Å². The van der Waals surface area contributed by atoms with Crippen LogP contribution in [0.15, 0.2) is 77.6 Å². The number of hydrogen-bond acceptors (Lipinski definition) is 5. The number of aliphatic hydroxyl groups excluding tert-OH is 1. The fourth-order valence-corrected chi connectivity index (χ4v) is 3.22. The topological polar surface area (TPSA) is 91.0 Å². The van der Waals surface area contributed by atoms with Crippen molar-refractivity contribution < 1.29 is 18.7 Å². The molecule has 0 aliphatic carbocycles. The molecule has 1 aliphatic heterocycles. The van der Waals surface area contributed by atoms with Crippen LogP contribution in [0.25, 0.3) is 5.70 Å². The second-order valence-corrected chi connectivity index (χ2v) is 7.36. The largest absolute Gasteiger partial charge is 0.398 e. The van der Waals surface area contributed by atoms with Crippen molar-refractivity contribution in [1.82, 2.24) is 5.32 Å². The number of halogens is 2. The minimum Gasteiger partial charge on any atom is -0.398 e. The van der Waals surface area contributed by atoms with E-state index in [1.807, 2.05) is 0 Å². The first-order valence-corrected chi connectivity index (χ1v) is 9.92. The monoisotopic (exact) mass is 438 g/mol. The van der Waals surface area contributed by atoms with Crippen LogP contribution in [0.3, 0.4) is 0 Å². The number of aryl methyl sites for hydroxylation is 1. The summed E-state index contributed by atoms with van der Waals surface area (Å²) in [4.78, 5) is 18.3. The minimum atomic E-state index is -0.663. The Morgan fingerprint density at radius 1 is 1.25 bits per heavy atom. The highest BCUT2D eigenvalue weighted by Crippen LogP contribution is 2.29. The zero-order chi connectivity index (χ0) is 23.4. The molecule has 1 heterocycles. The molecule has 0 radical (unpaired) electrons. The van der Waals surface area contributed by atoms with Gasteiger partial charge in [0.2, 0.25) is 0 Å². The number of aliphatic hydroxyl groups is 1. The van der Waals surface area contributed by atoms with E-state index in [1.54, 1.807) is 19.9 Å². The van der Waals surface area contributed by atoms with Gasteiger partial charge in [0, 0.05) is 23.8 Å². The van der Waals surface area contributed by atoms with Crippen molar-refractivity contribution in [2.75, 3.05) is 11.4 Å². The van der Waals surface area contributed by atoms with Gasteiger partial charge in [0.1, 0.15) is 17.5 Å². The molecule has 0 saturated carbocycles. The molecule has 6 nitrogen and oxygen atoms in total. The molecule has 1 amide bonds. The number of nitrogens with zero attached hydrogens (tertiary/aromatic N) is 2. The van der Waals surface area contributed by atoms with Gasteiger partial charge in [-0.05, 0) is 55.8 Å². The number of nitrogens with one attached hydrogen (secondary N) is 1. The maximum absolute atomic E-state index is 14.6. The molecule has 8 heteroatoms. The Balaban J connectivity index is 2.20. The van der Waals surface area contributed by atoms with Crippen LogP contribution in [0, 0.1) is 18.6 Å². The summed E-state index contributed by atoms with van der Waals surface area (Å²) in [6, 6.07) is 9.94.